The van der Waals surface area contributed by atoms with Gasteiger partial charge in [0.15, 0.2) is 0 Å². The van der Waals surface area contributed by atoms with Crippen molar-refractivity contribution < 1.29 is 19.8 Å². The topological polar surface area (TPSA) is 99.5 Å². The van der Waals surface area contributed by atoms with Crippen LogP contribution in [0.25, 0.3) is 0 Å². The molecule has 1 aromatic carbocycles. The van der Waals surface area contributed by atoms with E-state index < -0.39 is 11.9 Å². The van der Waals surface area contributed by atoms with E-state index in [9.17, 15) is 14.7 Å². The lowest BCUT2D eigenvalue weighted by Crippen LogP contribution is -2.12. The quantitative estimate of drug-likeness (QED) is 0.596. The Labute approximate surface area is 118 Å². The Morgan fingerprint density at radius 3 is 2.45 bits per heavy atom. The molecule has 0 spiro atoms. The molecule has 0 aliphatic rings. The molecule has 0 bridgehead atoms. The number of hydrogen-bond acceptors (Lipinski definition) is 4. The molecule has 1 heterocycles. The molecule has 2 aromatic rings. The van der Waals surface area contributed by atoms with Crippen molar-refractivity contribution in [1.82, 2.24) is 4.98 Å². The lowest BCUT2D eigenvalue weighted by atomic mass is 10.1. The monoisotopic (exact) mass is 292 g/mol. The summed E-state index contributed by atoms with van der Waals surface area (Å²) in [5.74, 6) is -1.93. The van der Waals surface area contributed by atoms with E-state index in [4.69, 9.17) is 16.7 Å². The van der Waals surface area contributed by atoms with Crippen molar-refractivity contribution >= 4 is 29.2 Å². The lowest BCUT2D eigenvalue weighted by Gasteiger charge is -2.08. The third-order valence-corrected chi connectivity index (χ3v) is 2.70. The van der Waals surface area contributed by atoms with Gasteiger partial charge in [0.25, 0.3) is 5.91 Å². The summed E-state index contributed by atoms with van der Waals surface area (Å²) >= 11 is 5.61. The van der Waals surface area contributed by atoms with Gasteiger partial charge in [0.1, 0.15) is 10.9 Å². The summed E-state index contributed by atoms with van der Waals surface area (Å²) in [6.07, 6.45) is 1.27. The largest absolute Gasteiger partial charge is 0.506 e. The summed E-state index contributed by atoms with van der Waals surface area (Å²) in [4.78, 5) is 26.5. The fourth-order valence-electron chi connectivity index (χ4n) is 1.47. The van der Waals surface area contributed by atoms with Gasteiger partial charge in [-0.2, -0.15) is 0 Å². The van der Waals surface area contributed by atoms with Crippen LogP contribution < -0.4 is 5.32 Å². The van der Waals surface area contributed by atoms with Crippen LogP contribution in [0.3, 0.4) is 0 Å². The first-order valence-electron chi connectivity index (χ1n) is 5.46. The maximum absolute atomic E-state index is 11.9. The molecule has 0 atom stereocenters. The van der Waals surface area contributed by atoms with Gasteiger partial charge in [-0.1, -0.05) is 11.6 Å². The predicted octanol–water partition coefficient (Wildman–Crippen LogP) is 2.39. The second-order valence-electron chi connectivity index (χ2n) is 3.86. The maximum atomic E-state index is 11.9. The SMILES string of the molecule is O=C(O)c1ccc(O)c(NC(=O)c2ccc(Cl)nc2)c1. The van der Waals surface area contributed by atoms with E-state index in [1.165, 1.54) is 36.5 Å². The van der Waals surface area contributed by atoms with Gasteiger partial charge in [-0.3, -0.25) is 4.79 Å². The molecule has 0 fully saturated rings. The summed E-state index contributed by atoms with van der Waals surface area (Å²) in [6, 6.07) is 6.50. The minimum absolute atomic E-state index is 0.00449. The number of benzene rings is 1. The summed E-state index contributed by atoms with van der Waals surface area (Å²) in [5.41, 5.74) is 0.187. The minimum Gasteiger partial charge on any atom is -0.506 e. The van der Waals surface area contributed by atoms with Crippen LogP contribution in [0, 0.1) is 0 Å². The predicted molar refractivity (Wildman–Crippen MR) is 72.3 cm³/mol. The van der Waals surface area contributed by atoms with E-state index in [2.05, 4.69) is 10.3 Å². The highest BCUT2D eigenvalue weighted by Crippen LogP contribution is 2.24. The van der Waals surface area contributed by atoms with Crippen molar-refractivity contribution in [2.75, 3.05) is 5.32 Å². The van der Waals surface area contributed by atoms with Gasteiger partial charge in [0, 0.05) is 6.20 Å². The number of phenolic OH excluding ortho intramolecular Hbond substituents is 1. The number of aromatic carboxylic acids is 1. The zero-order chi connectivity index (χ0) is 14.7. The standard InChI is InChI=1S/C13H9ClN2O4/c14-11-4-2-8(6-15-11)12(18)16-9-5-7(13(19)20)1-3-10(9)17/h1-6,17H,(H,16,18)(H,19,20). The highest BCUT2D eigenvalue weighted by Gasteiger charge is 2.12. The Morgan fingerprint density at radius 1 is 1.15 bits per heavy atom. The first-order chi connectivity index (χ1) is 9.47. The Morgan fingerprint density at radius 2 is 1.85 bits per heavy atom. The van der Waals surface area contributed by atoms with Crippen LogP contribution in [0.2, 0.25) is 5.15 Å². The van der Waals surface area contributed by atoms with E-state index >= 15 is 0 Å². The number of nitrogens with zero attached hydrogens (tertiary/aromatic N) is 1. The van der Waals surface area contributed by atoms with Gasteiger partial charge >= 0.3 is 5.97 Å². The zero-order valence-corrected chi connectivity index (χ0v) is 10.8. The summed E-state index contributed by atoms with van der Waals surface area (Å²) in [5, 5.41) is 21.1. The van der Waals surface area contributed by atoms with Gasteiger partial charge in [0.2, 0.25) is 0 Å². The first-order valence-corrected chi connectivity index (χ1v) is 5.84. The molecule has 102 valence electrons. The number of aromatic hydroxyl groups is 1. The Hall–Kier alpha value is -2.60. The van der Waals surface area contributed by atoms with E-state index in [1.807, 2.05) is 0 Å². The molecule has 6 nitrogen and oxygen atoms in total. The fourth-order valence-corrected chi connectivity index (χ4v) is 1.59. The molecule has 0 unspecified atom stereocenters. The average molecular weight is 293 g/mol. The molecule has 0 aliphatic carbocycles. The number of carboxylic acid groups (broad SMARTS) is 1. The number of phenols is 1. The minimum atomic E-state index is -1.16. The number of hydrogen-bond donors (Lipinski definition) is 3. The van der Waals surface area contributed by atoms with Gasteiger partial charge in [-0.05, 0) is 30.3 Å². The van der Waals surface area contributed by atoms with Gasteiger partial charge < -0.3 is 15.5 Å². The van der Waals surface area contributed by atoms with Crippen LogP contribution in [0.1, 0.15) is 20.7 Å². The van der Waals surface area contributed by atoms with Crippen LogP contribution in [-0.2, 0) is 0 Å². The molecule has 3 N–H and O–H groups in total. The molecule has 0 radical (unpaired) electrons. The van der Waals surface area contributed by atoms with Crippen LogP contribution in [0.4, 0.5) is 5.69 Å². The van der Waals surface area contributed by atoms with E-state index in [-0.39, 0.29) is 27.7 Å². The third kappa shape index (κ3) is 3.04. The van der Waals surface area contributed by atoms with Gasteiger partial charge in [-0.15, -0.1) is 0 Å². The normalized spacial score (nSPS) is 10.1. The Bertz CT molecular complexity index is 671. The molecular weight excluding hydrogens is 284 g/mol. The maximum Gasteiger partial charge on any atom is 0.335 e. The van der Waals surface area contributed by atoms with Crippen LogP contribution in [0.15, 0.2) is 36.5 Å². The van der Waals surface area contributed by atoms with Crippen LogP contribution >= 0.6 is 11.6 Å². The van der Waals surface area contributed by atoms with Crippen molar-refractivity contribution in [1.29, 1.82) is 0 Å². The van der Waals surface area contributed by atoms with Crippen LogP contribution in [0.5, 0.6) is 5.75 Å². The number of carboxylic acids is 1. The van der Waals surface area contributed by atoms with Crippen molar-refractivity contribution in [3.63, 3.8) is 0 Å². The van der Waals surface area contributed by atoms with Crippen molar-refractivity contribution in [3.05, 3.63) is 52.8 Å². The Balaban J connectivity index is 2.25. The average Bonchev–Trinajstić information content (AvgIpc) is 2.41. The number of rotatable bonds is 3. The molecule has 0 saturated carbocycles. The number of anilines is 1. The van der Waals surface area contributed by atoms with E-state index in [0.717, 1.165) is 0 Å². The molecule has 1 amide bonds. The Kier molecular flexibility index (Phi) is 3.86. The number of halogens is 1. The second-order valence-corrected chi connectivity index (χ2v) is 4.25. The number of pyridine rings is 1. The third-order valence-electron chi connectivity index (χ3n) is 2.48. The first kappa shape index (κ1) is 13.8. The van der Waals surface area contributed by atoms with Crippen molar-refractivity contribution in [2.45, 2.75) is 0 Å². The summed E-state index contributed by atoms with van der Waals surface area (Å²) < 4.78 is 0. The molecule has 7 heteroatoms. The molecule has 0 aliphatic heterocycles. The molecule has 2 rings (SSSR count). The summed E-state index contributed by atoms with van der Waals surface area (Å²) in [6.45, 7) is 0. The molecular formula is C13H9ClN2O4. The summed E-state index contributed by atoms with van der Waals surface area (Å²) in [7, 11) is 0. The van der Waals surface area contributed by atoms with Crippen LogP contribution in [-0.4, -0.2) is 27.1 Å². The smallest absolute Gasteiger partial charge is 0.335 e. The second kappa shape index (κ2) is 5.58. The highest BCUT2D eigenvalue weighted by molar-refractivity contribution is 6.29. The number of carbonyl (C=O) groups excluding carboxylic acids is 1. The van der Waals surface area contributed by atoms with E-state index in [1.54, 1.807) is 0 Å². The molecule has 1 aromatic heterocycles. The number of nitrogens with one attached hydrogen (secondary N) is 1. The van der Waals surface area contributed by atoms with E-state index in [0.29, 0.717) is 0 Å². The number of carbonyl (C=O) groups is 2. The zero-order valence-electron chi connectivity index (χ0n) is 10.0. The van der Waals surface area contributed by atoms with Gasteiger partial charge in [0.05, 0.1) is 16.8 Å². The van der Waals surface area contributed by atoms with Crippen molar-refractivity contribution in [3.8, 4) is 5.75 Å². The fraction of sp³-hybridized carbons (Fsp3) is 0. The number of amides is 1. The molecule has 20 heavy (non-hydrogen) atoms. The lowest BCUT2D eigenvalue weighted by molar-refractivity contribution is 0.0696. The van der Waals surface area contributed by atoms with Crippen molar-refractivity contribution in [2.24, 2.45) is 0 Å². The molecule has 0 saturated heterocycles. The number of aromatic nitrogens is 1. The highest BCUT2D eigenvalue weighted by atomic mass is 35.5. The van der Waals surface area contributed by atoms with Gasteiger partial charge in [-0.25, -0.2) is 9.78 Å².